The SMILES string of the molecule is O=C1C=CC(C2CN(CC3=NOC(c4ccc(F)cc4)C3)CCC23CNCN3)=CC1. The first-order valence-corrected chi connectivity index (χ1v) is 10.7. The molecule has 0 saturated carbocycles. The number of nitrogens with one attached hydrogen (secondary N) is 2. The summed E-state index contributed by atoms with van der Waals surface area (Å²) in [5.74, 6) is 0.248. The molecule has 0 aromatic heterocycles. The van der Waals surface area contributed by atoms with Gasteiger partial charge in [0.2, 0.25) is 0 Å². The van der Waals surface area contributed by atoms with Crippen LogP contribution in [0, 0.1) is 11.7 Å². The predicted octanol–water partition coefficient (Wildman–Crippen LogP) is 2.31. The lowest BCUT2D eigenvalue weighted by Gasteiger charge is -2.46. The van der Waals surface area contributed by atoms with Crippen LogP contribution in [-0.2, 0) is 9.63 Å². The minimum Gasteiger partial charge on any atom is -0.387 e. The molecule has 1 aromatic rings. The van der Waals surface area contributed by atoms with Gasteiger partial charge < -0.3 is 10.2 Å². The van der Waals surface area contributed by atoms with Gasteiger partial charge in [0.15, 0.2) is 11.9 Å². The molecule has 5 rings (SSSR count). The molecular weight excluding hydrogens is 383 g/mol. The normalized spacial score (nSPS) is 31.7. The van der Waals surface area contributed by atoms with Crippen LogP contribution in [0.3, 0.4) is 0 Å². The lowest BCUT2D eigenvalue weighted by molar-refractivity contribution is -0.113. The second-order valence-corrected chi connectivity index (χ2v) is 8.69. The average Bonchev–Trinajstić information content (AvgIpc) is 3.41. The van der Waals surface area contributed by atoms with Crippen molar-refractivity contribution in [3.05, 3.63) is 59.4 Å². The summed E-state index contributed by atoms with van der Waals surface area (Å²) >= 11 is 0. The lowest BCUT2D eigenvalue weighted by Crippen LogP contribution is -2.59. The Kier molecular flexibility index (Phi) is 5.26. The maximum absolute atomic E-state index is 13.2. The Hall–Kier alpha value is -2.35. The van der Waals surface area contributed by atoms with Crippen molar-refractivity contribution in [3.63, 3.8) is 0 Å². The fourth-order valence-corrected chi connectivity index (χ4v) is 5.07. The van der Waals surface area contributed by atoms with Crippen molar-refractivity contribution in [1.29, 1.82) is 0 Å². The first-order valence-electron chi connectivity index (χ1n) is 10.7. The number of benzene rings is 1. The van der Waals surface area contributed by atoms with Gasteiger partial charge in [-0.2, -0.15) is 0 Å². The van der Waals surface area contributed by atoms with E-state index in [0.29, 0.717) is 12.3 Å². The number of carbonyl (C=O) groups excluding carboxylic acids is 1. The first-order chi connectivity index (χ1) is 14.6. The molecule has 3 aliphatic heterocycles. The van der Waals surface area contributed by atoms with E-state index in [1.165, 1.54) is 17.7 Å². The second-order valence-electron chi connectivity index (χ2n) is 8.69. The zero-order valence-electron chi connectivity index (χ0n) is 16.9. The predicted molar refractivity (Wildman–Crippen MR) is 112 cm³/mol. The molecule has 3 unspecified atom stereocenters. The third kappa shape index (κ3) is 3.85. The van der Waals surface area contributed by atoms with Gasteiger partial charge in [-0.15, -0.1) is 0 Å². The summed E-state index contributed by atoms with van der Waals surface area (Å²) < 4.78 is 13.2. The molecule has 30 heavy (non-hydrogen) atoms. The van der Waals surface area contributed by atoms with Gasteiger partial charge in [0.1, 0.15) is 5.82 Å². The van der Waals surface area contributed by atoms with Crippen LogP contribution in [-0.4, -0.2) is 54.8 Å². The fourth-order valence-electron chi connectivity index (χ4n) is 5.07. The van der Waals surface area contributed by atoms with E-state index in [1.807, 2.05) is 6.08 Å². The Labute approximate surface area is 175 Å². The van der Waals surface area contributed by atoms with E-state index in [0.717, 1.165) is 57.0 Å². The third-order valence-electron chi connectivity index (χ3n) is 6.77. The van der Waals surface area contributed by atoms with Crippen LogP contribution in [0.25, 0.3) is 0 Å². The minimum absolute atomic E-state index is 0.0394. The Bertz CT molecular complexity index is 902. The molecule has 3 atom stereocenters. The van der Waals surface area contributed by atoms with E-state index >= 15 is 0 Å². The fraction of sp³-hybridized carbons (Fsp3) is 0.478. The van der Waals surface area contributed by atoms with E-state index in [2.05, 4.69) is 26.8 Å². The highest BCUT2D eigenvalue weighted by Crippen LogP contribution is 2.37. The number of likely N-dealkylation sites (tertiary alicyclic amines) is 1. The molecule has 158 valence electrons. The summed E-state index contributed by atoms with van der Waals surface area (Å²) in [7, 11) is 0. The maximum Gasteiger partial charge on any atom is 0.159 e. The molecule has 4 aliphatic rings. The van der Waals surface area contributed by atoms with E-state index in [1.54, 1.807) is 18.2 Å². The van der Waals surface area contributed by atoms with Crippen LogP contribution in [0.15, 0.2) is 53.2 Å². The average molecular weight is 410 g/mol. The zero-order valence-corrected chi connectivity index (χ0v) is 16.9. The second kappa shape index (κ2) is 8.06. The molecule has 0 amide bonds. The molecule has 0 bridgehead atoms. The number of hydrogen-bond acceptors (Lipinski definition) is 6. The third-order valence-corrected chi connectivity index (χ3v) is 6.77. The van der Waals surface area contributed by atoms with Crippen molar-refractivity contribution in [2.75, 3.05) is 32.8 Å². The van der Waals surface area contributed by atoms with Crippen molar-refractivity contribution >= 4 is 11.5 Å². The number of ketones is 1. The van der Waals surface area contributed by atoms with Crippen LogP contribution in [0.5, 0.6) is 0 Å². The van der Waals surface area contributed by atoms with Crippen LogP contribution >= 0.6 is 0 Å². The van der Waals surface area contributed by atoms with Crippen molar-refractivity contribution in [3.8, 4) is 0 Å². The molecule has 1 spiro atoms. The van der Waals surface area contributed by atoms with Gasteiger partial charge in [0.05, 0.1) is 5.71 Å². The molecule has 3 heterocycles. The number of rotatable bonds is 4. The number of halogens is 1. The lowest BCUT2D eigenvalue weighted by atomic mass is 9.73. The van der Waals surface area contributed by atoms with Crippen molar-refractivity contribution in [2.24, 2.45) is 11.1 Å². The summed E-state index contributed by atoms with van der Waals surface area (Å²) in [4.78, 5) is 19.7. The van der Waals surface area contributed by atoms with Gasteiger partial charge in [-0.3, -0.25) is 15.0 Å². The molecule has 1 aromatic carbocycles. The number of piperidine rings is 1. The number of oxime groups is 1. The number of carbonyl (C=O) groups is 1. The topological polar surface area (TPSA) is 66.0 Å². The van der Waals surface area contributed by atoms with Crippen molar-refractivity contribution < 1.29 is 14.0 Å². The van der Waals surface area contributed by atoms with E-state index in [-0.39, 0.29) is 23.2 Å². The highest BCUT2D eigenvalue weighted by atomic mass is 19.1. The minimum atomic E-state index is -0.242. The first kappa shape index (κ1) is 19.6. The number of nitrogens with zero attached hydrogens (tertiary/aromatic N) is 2. The number of hydrogen-bond donors (Lipinski definition) is 2. The van der Waals surface area contributed by atoms with Crippen LogP contribution in [0.4, 0.5) is 4.39 Å². The van der Waals surface area contributed by atoms with Gasteiger partial charge in [0, 0.05) is 57.1 Å². The van der Waals surface area contributed by atoms with Gasteiger partial charge >= 0.3 is 0 Å². The molecule has 0 radical (unpaired) electrons. The molecular formula is C23H27FN4O2. The smallest absolute Gasteiger partial charge is 0.159 e. The molecule has 1 aliphatic carbocycles. The standard InChI is InChI=1S/C23H27FN4O2/c24-18-5-1-17(2-6-18)22-11-19(27-30-22)12-28-10-9-23(14-25-15-26-23)21(13-28)16-3-7-20(29)8-4-16/h1-7,21-22,25-26H,8-15H2. The summed E-state index contributed by atoms with van der Waals surface area (Å²) in [6.07, 6.45) is 7.94. The maximum atomic E-state index is 13.2. The molecule has 2 N–H and O–H groups in total. The van der Waals surface area contributed by atoms with E-state index in [9.17, 15) is 9.18 Å². The largest absolute Gasteiger partial charge is 0.387 e. The van der Waals surface area contributed by atoms with Crippen molar-refractivity contribution in [1.82, 2.24) is 15.5 Å². The Morgan fingerprint density at radius 3 is 2.87 bits per heavy atom. The Morgan fingerprint density at radius 1 is 1.27 bits per heavy atom. The number of allylic oxidation sites excluding steroid dienone is 3. The van der Waals surface area contributed by atoms with Gasteiger partial charge in [0.25, 0.3) is 0 Å². The summed E-state index contributed by atoms with van der Waals surface area (Å²) in [6, 6.07) is 6.45. The summed E-state index contributed by atoms with van der Waals surface area (Å²) in [5.41, 5.74) is 3.27. The van der Waals surface area contributed by atoms with Gasteiger partial charge in [-0.1, -0.05) is 29.4 Å². The van der Waals surface area contributed by atoms with Gasteiger partial charge in [-0.25, -0.2) is 4.39 Å². The quantitative estimate of drug-likeness (QED) is 0.798. The van der Waals surface area contributed by atoms with Crippen LogP contribution < -0.4 is 10.6 Å². The zero-order chi connectivity index (χ0) is 20.6. The summed E-state index contributed by atoms with van der Waals surface area (Å²) in [5, 5.41) is 11.5. The Morgan fingerprint density at radius 2 is 2.13 bits per heavy atom. The van der Waals surface area contributed by atoms with Crippen molar-refractivity contribution in [2.45, 2.75) is 30.9 Å². The molecule has 2 fully saturated rings. The molecule has 7 heteroatoms. The van der Waals surface area contributed by atoms with Gasteiger partial charge in [-0.05, 0) is 35.8 Å². The van der Waals surface area contributed by atoms with Crippen LogP contribution in [0.2, 0.25) is 0 Å². The van der Waals surface area contributed by atoms with E-state index < -0.39 is 0 Å². The van der Waals surface area contributed by atoms with Crippen LogP contribution in [0.1, 0.15) is 30.9 Å². The summed E-state index contributed by atoms with van der Waals surface area (Å²) in [6.45, 7) is 4.45. The monoisotopic (exact) mass is 410 g/mol. The molecule has 6 nitrogen and oxygen atoms in total. The Balaban J connectivity index is 1.25. The highest BCUT2D eigenvalue weighted by molar-refractivity contribution is 5.92. The van der Waals surface area contributed by atoms with E-state index in [4.69, 9.17) is 4.84 Å². The highest BCUT2D eigenvalue weighted by Gasteiger charge is 2.46. The molecule has 2 saturated heterocycles.